The fraction of sp³-hybridized carbons (Fsp3) is 0.556. The number of nitrogens with one attached hydrogen (secondary N) is 1. The van der Waals surface area contributed by atoms with E-state index in [0.717, 1.165) is 31.2 Å². The molecule has 2 aromatic rings. The van der Waals surface area contributed by atoms with Crippen LogP contribution in [0.5, 0.6) is 0 Å². The van der Waals surface area contributed by atoms with Gasteiger partial charge >= 0.3 is 5.97 Å². The summed E-state index contributed by atoms with van der Waals surface area (Å²) in [7, 11) is 0. The van der Waals surface area contributed by atoms with E-state index < -0.39 is 11.5 Å². The molecule has 1 fully saturated rings. The molecule has 1 aliphatic heterocycles. The van der Waals surface area contributed by atoms with Crippen molar-refractivity contribution < 1.29 is 19.1 Å². The van der Waals surface area contributed by atoms with Crippen LogP contribution >= 0.6 is 0 Å². The molecular weight excluding hydrogens is 444 g/mol. The predicted octanol–water partition coefficient (Wildman–Crippen LogP) is 4.27. The van der Waals surface area contributed by atoms with Gasteiger partial charge in [-0.25, -0.2) is 4.79 Å². The van der Waals surface area contributed by atoms with Crippen LogP contribution in [0.4, 0.5) is 5.69 Å². The van der Waals surface area contributed by atoms with Gasteiger partial charge in [0.15, 0.2) is 5.69 Å². The minimum Gasteiger partial charge on any atom is -0.461 e. The lowest BCUT2D eigenvalue weighted by atomic mass is 9.91. The first kappa shape index (κ1) is 24.9. The lowest BCUT2D eigenvalue weighted by Gasteiger charge is -2.44. The Hall–Kier alpha value is -3.16. The number of carbonyl (C=O) groups is 3. The molecule has 1 aliphatic carbocycles. The van der Waals surface area contributed by atoms with Gasteiger partial charge in [0, 0.05) is 17.8 Å². The third kappa shape index (κ3) is 4.97. The van der Waals surface area contributed by atoms with Crippen LogP contribution in [0.2, 0.25) is 0 Å². The van der Waals surface area contributed by atoms with Gasteiger partial charge < -0.3 is 10.1 Å². The molecule has 2 aliphatic rings. The van der Waals surface area contributed by atoms with Crippen molar-refractivity contribution >= 4 is 23.5 Å². The first-order valence-electron chi connectivity index (χ1n) is 12.9. The summed E-state index contributed by atoms with van der Waals surface area (Å²) in [5.41, 5.74) is 0.819. The molecule has 1 saturated carbocycles. The van der Waals surface area contributed by atoms with Gasteiger partial charge in [0.2, 0.25) is 5.91 Å². The van der Waals surface area contributed by atoms with E-state index in [-0.39, 0.29) is 42.4 Å². The highest BCUT2D eigenvalue weighted by Gasteiger charge is 2.50. The largest absolute Gasteiger partial charge is 0.461 e. The highest BCUT2D eigenvalue weighted by molar-refractivity contribution is 6.12. The number of ether oxygens (including phenoxy) is 1. The summed E-state index contributed by atoms with van der Waals surface area (Å²) in [6.07, 6.45) is 8.41. The van der Waals surface area contributed by atoms with Crippen LogP contribution < -0.4 is 10.2 Å². The first-order chi connectivity index (χ1) is 16.9. The van der Waals surface area contributed by atoms with Crippen LogP contribution in [-0.4, -0.2) is 45.8 Å². The highest BCUT2D eigenvalue weighted by Crippen LogP contribution is 2.35. The number of rotatable bonds is 6. The zero-order chi connectivity index (χ0) is 25.0. The zero-order valence-electron chi connectivity index (χ0n) is 21.0. The molecule has 35 heavy (non-hydrogen) atoms. The SMILES string of the molecule is CCOC(=O)c1cc2n(n1)C[C@@](C)(C(=O)NC1CCCCCCC1)N(c1ccccc1CC)C2=O. The van der Waals surface area contributed by atoms with Crippen LogP contribution in [0.1, 0.15) is 92.3 Å². The molecule has 1 aromatic heterocycles. The number of amides is 2. The molecule has 8 heteroatoms. The van der Waals surface area contributed by atoms with E-state index in [0.29, 0.717) is 12.1 Å². The summed E-state index contributed by atoms with van der Waals surface area (Å²) in [5, 5.41) is 7.63. The fourth-order valence-electron chi connectivity index (χ4n) is 5.23. The zero-order valence-corrected chi connectivity index (χ0v) is 21.0. The number of fused-ring (bicyclic) bond motifs is 1. The fourth-order valence-corrected chi connectivity index (χ4v) is 5.23. The number of hydrogen-bond donors (Lipinski definition) is 1. The monoisotopic (exact) mass is 480 g/mol. The van der Waals surface area contributed by atoms with Crippen molar-refractivity contribution in [3.63, 3.8) is 0 Å². The van der Waals surface area contributed by atoms with Crippen molar-refractivity contribution in [2.75, 3.05) is 11.5 Å². The smallest absolute Gasteiger partial charge is 0.358 e. The second-order valence-corrected chi connectivity index (χ2v) is 9.71. The molecule has 1 aromatic carbocycles. The van der Waals surface area contributed by atoms with Crippen LogP contribution in [0, 0.1) is 0 Å². The molecule has 1 N–H and O–H groups in total. The van der Waals surface area contributed by atoms with Crippen LogP contribution in [0.25, 0.3) is 0 Å². The van der Waals surface area contributed by atoms with Crippen molar-refractivity contribution in [3.05, 3.63) is 47.3 Å². The van der Waals surface area contributed by atoms with Gasteiger partial charge in [0.05, 0.1) is 13.2 Å². The number of aryl methyl sites for hydroxylation is 1. The molecule has 2 heterocycles. The Kier molecular flexibility index (Phi) is 7.57. The molecule has 0 saturated heterocycles. The molecular formula is C27H36N4O4. The van der Waals surface area contributed by atoms with Crippen LogP contribution in [0.15, 0.2) is 30.3 Å². The molecule has 0 bridgehead atoms. The number of benzene rings is 1. The number of esters is 1. The number of anilines is 1. The molecule has 0 radical (unpaired) electrons. The van der Waals surface area contributed by atoms with E-state index in [4.69, 9.17) is 4.74 Å². The molecule has 8 nitrogen and oxygen atoms in total. The molecule has 4 rings (SSSR count). The van der Waals surface area contributed by atoms with Gasteiger partial charge in [-0.1, -0.05) is 57.2 Å². The third-order valence-corrected chi connectivity index (χ3v) is 7.18. The lowest BCUT2D eigenvalue weighted by molar-refractivity contribution is -0.127. The Bertz CT molecular complexity index is 1090. The van der Waals surface area contributed by atoms with E-state index in [9.17, 15) is 14.4 Å². The maximum Gasteiger partial charge on any atom is 0.358 e. The quantitative estimate of drug-likeness (QED) is 0.623. The van der Waals surface area contributed by atoms with Crippen molar-refractivity contribution in [2.45, 2.75) is 90.3 Å². The topological polar surface area (TPSA) is 93.5 Å². The van der Waals surface area contributed by atoms with E-state index in [2.05, 4.69) is 10.4 Å². The number of nitrogens with zero attached hydrogens (tertiary/aromatic N) is 3. The molecule has 1 atom stereocenters. The van der Waals surface area contributed by atoms with Crippen molar-refractivity contribution in [1.82, 2.24) is 15.1 Å². The van der Waals surface area contributed by atoms with Crippen molar-refractivity contribution in [2.24, 2.45) is 0 Å². The Morgan fingerprint density at radius 3 is 2.49 bits per heavy atom. The van der Waals surface area contributed by atoms with Gasteiger partial charge in [-0.05, 0) is 44.7 Å². The lowest BCUT2D eigenvalue weighted by Crippen LogP contribution is -2.65. The molecule has 0 unspecified atom stereocenters. The van der Waals surface area contributed by atoms with Crippen molar-refractivity contribution in [3.8, 4) is 0 Å². The van der Waals surface area contributed by atoms with Crippen LogP contribution in [0.3, 0.4) is 0 Å². The number of hydrogen-bond acceptors (Lipinski definition) is 5. The van der Waals surface area contributed by atoms with Gasteiger partial charge in [-0.3, -0.25) is 19.2 Å². The predicted molar refractivity (Wildman–Crippen MR) is 133 cm³/mol. The Balaban J connectivity index is 1.74. The molecule has 2 amide bonds. The van der Waals surface area contributed by atoms with E-state index in [1.807, 2.05) is 31.2 Å². The maximum atomic E-state index is 13.9. The van der Waals surface area contributed by atoms with Crippen molar-refractivity contribution in [1.29, 1.82) is 0 Å². The Morgan fingerprint density at radius 1 is 1.11 bits per heavy atom. The first-order valence-corrected chi connectivity index (χ1v) is 12.9. The minimum absolute atomic E-state index is 0.0728. The summed E-state index contributed by atoms with van der Waals surface area (Å²) in [6, 6.07) is 9.24. The summed E-state index contributed by atoms with van der Waals surface area (Å²) in [5.74, 6) is -1.12. The standard InChI is InChI=1S/C27H36N4O4/c1-4-19-13-11-12-16-22(19)31-24(32)23-17-21(25(33)35-5-2)29-30(23)18-27(31,3)26(34)28-20-14-9-7-6-8-10-15-20/h11-13,16-17,20H,4-10,14-15,18H2,1-3H3,(H,28,34)/t27-/m0/s1. The van der Waals surface area contributed by atoms with E-state index in [1.165, 1.54) is 30.0 Å². The summed E-state index contributed by atoms with van der Waals surface area (Å²) >= 11 is 0. The average molecular weight is 481 g/mol. The number of carbonyl (C=O) groups excluding carboxylic acids is 3. The Morgan fingerprint density at radius 2 is 1.80 bits per heavy atom. The summed E-state index contributed by atoms with van der Waals surface area (Å²) in [4.78, 5) is 41.8. The van der Waals surface area contributed by atoms with Crippen LogP contribution in [-0.2, 0) is 22.5 Å². The molecule has 0 spiro atoms. The minimum atomic E-state index is -1.21. The van der Waals surface area contributed by atoms with Gasteiger partial charge in [-0.2, -0.15) is 5.10 Å². The number of para-hydroxylation sites is 1. The van der Waals surface area contributed by atoms with Gasteiger partial charge in [0.1, 0.15) is 11.2 Å². The van der Waals surface area contributed by atoms with E-state index in [1.54, 1.807) is 18.7 Å². The Labute approximate surface area is 207 Å². The van der Waals surface area contributed by atoms with Gasteiger partial charge in [0.25, 0.3) is 5.91 Å². The third-order valence-electron chi connectivity index (χ3n) is 7.18. The average Bonchev–Trinajstić information content (AvgIpc) is 3.25. The van der Waals surface area contributed by atoms with Gasteiger partial charge in [-0.15, -0.1) is 0 Å². The normalized spacial score (nSPS) is 21.1. The second-order valence-electron chi connectivity index (χ2n) is 9.71. The van der Waals surface area contributed by atoms with E-state index >= 15 is 0 Å². The summed E-state index contributed by atoms with van der Waals surface area (Å²) in [6.45, 7) is 5.91. The second kappa shape index (κ2) is 10.6. The number of aromatic nitrogens is 2. The summed E-state index contributed by atoms with van der Waals surface area (Å²) < 4.78 is 6.58. The molecule has 188 valence electrons. The highest BCUT2D eigenvalue weighted by atomic mass is 16.5. The maximum absolute atomic E-state index is 13.9.